The monoisotopic (exact) mass is 233 g/mol. The Balaban J connectivity index is 2.81. The average Bonchev–Trinajstić information content (AvgIpc) is 2.26. The maximum atomic E-state index is 4.96. The van der Waals surface area contributed by atoms with E-state index in [1.54, 1.807) is 7.11 Å². The molecule has 2 nitrogen and oxygen atoms in total. The fraction of sp³-hybridized carbons (Fsp3) is 1.00. The molecule has 0 amide bonds. The summed E-state index contributed by atoms with van der Waals surface area (Å²) in [5.41, 5.74) is 0. The molecule has 15 heavy (non-hydrogen) atoms. The zero-order chi connectivity index (χ0) is 11.2. The van der Waals surface area contributed by atoms with Crippen molar-refractivity contribution < 1.29 is 4.74 Å². The van der Waals surface area contributed by atoms with Crippen molar-refractivity contribution in [3.05, 3.63) is 0 Å². The van der Waals surface area contributed by atoms with Gasteiger partial charge in [-0.05, 0) is 37.3 Å². The Bertz CT molecular complexity index is 99.8. The first-order valence-corrected chi connectivity index (χ1v) is 7.34. The van der Waals surface area contributed by atoms with Gasteiger partial charge in [0.15, 0.2) is 0 Å². The highest BCUT2D eigenvalue weighted by Gasteiger charge is 1.91. The van der Waals surface area contributed by atoms with Crippen LogP contribution >= 0.6 is 11.8 Å². The van der Waals surface area contributed by atoms with Gasteiger partial charge in [0.25, 0.3) is 0 Å². The highest BCUT2D eigenvalue weighted by atomic mass is 32.2. The Morgan fingerprint density at radius 2 is 1.73 bits per heavy atom. The molecule has 0 aliphatic rings. The lowest BCUT2D eigenvalue weighted by Crippen LogP contribution is -2.20. The molecular weight excluding hydrogens is 206 g/mol. The van der Waals surface area contributed by atoms with Crippen LogP contribution in [0.1, 0.15) is 39.0 Å². The van der Waals surface area contributed by atoms with Gasteiger partial charge in [0.1, 0.15) is 0 Å². The van der Waals surface area contributed by atoms with Gasteiger partial charge in [-0.3, -0.25) is 0 Å². The Morgan fingerprint density at radius 3 is 2.40 bits per heavy atom. The van der Waals surface area contributed by atoms with Gasteiger partial charge < -0.3 is 10.1 Å². The van der Waals surface area contributed by atoms with Gasteiger partial charge in [0.05, 0.1) is 6.61 Å². The minimum Gasteiger partial charge on any atom is -0.383 e. The van der Waals surface area contributed by atoms with E-state index in [0.717, 1.165) is 19.7 Å². The molecule has 0 heterocycles. The second-order valence-electron chi connectivity index (χ2n) is 3.77. The lowest BCUT2D eigenvalue weighted by molar-refractivity contribution is 0.199. The largest absolute Gasteiger partial charge is 0.383 e. The van der Waals surface area contributed by atoms with Gasteiger partial charge in [-0.15, -0.1) is 0 Å². The number of ether oxygens (including phenoxy) is 1. The Hall–Kier alpha value is 0.270. The molecule has 0 aromatic carbocycles. The maximum Gasteiger partial charge on any atom is 0.0587 e. The summed E-state index contributed by atoms with van der Waals surface area (Å²) in [7, 11) is 1.74. The first kappa shape index (κ1) is 15.3. The standard InChI is InChI=1S/C12H27NOS/c1-3-4-6-11-15-12-7-5-8-13-9-10-14-2/h13H,3-12H2,1-2H3. The zero-order valence-corrected chi connectivity index (χ0v) is 11.2. The van der Waals surface area contributed by atoms with Crippen molar-refractivity contribution in [2.75, 3.05) is 38.3 Å². The Morgan fingerprint density at radius 1 is 1.00 bits per heavy atom. The van der Waals surface area contributed by atoms with E-state index in [-0.39, 0.29) is 0 Å². The molecule has 0 aliphatic carbocycles. The Labute approximate surface area is 99.5 Å². The van der Waals surface area contributed by atoms with Crippen LogP contribution in [0, 0.1) is 0 Å². The summed E-state index contributed by atoms with van der Waals surface area (Å²) < 4.78 is 4.96. The van der Waals surface area contributed by atoms with Crippen LogP contribution < -0.4 is 5.32 Å². The van der Waals surface area contributed by atoms with Crippen LogP contribution in [0.25, 0.3) is 0 Å². The van der Waals surface area contributed by atoms with E-state index in [2.05, 4.69) is 24.0 Å². The molecule has 0 spiro atoms. The van der Waals surface area contributed by atoms with Crippen LogP contribution in [0.2, 0.25) is 0 Å². The van der Waals surface area contributed by atoms with Crippen molar-refractivity contribution in [3.63, 3.8) is 0 Å². The Kier molecular flexibility index (Phi) is 14.5. The summed E-state index contributed by atoms with van der Waals surface area (Å²) in [5.74, 6) is 2.68. The lowest BCUT2D eigenvalue weighted by Gasteiger charge is -2.04. The lowest BCUT2D eigenvalue weighted by atomic mass is 10.3. The topological polar surface area (TPSA) is 21.3 Å². The fourth-order valence-corrected chi connectivity index (χ4v) is 2.33. The molecule has 0 aliphatic heterocycles. The number of hydrogen-bond acceptors (Lipinski definition) is 3. The molecule has 3 heteroatoms. The van der Waals surface area contributed by atoms with E-state index in [1.165, 1.54) is 43.6 Å². The molecule has 0 atom stereocenters. The van der Waals surface area contributed by atoms with Gasteiger partial charge >= 0.3 is 0 Å². The summed E-state index contributed by atoms with van der Waals surface area (Å²) in [6, 6.07) is 0. The van der Waals surface area contributed by atoms with Crippen LogP contribution in [0.3, 0.4) is 0 Å². The van der Waals surface area contributed by atoms with Crippen molar-refractivity contribution in [2.45, 2.75) is 39.0 Å². The molecule has 0 saturated carbocycles. The summed E-state index contributed by atoms with van der Waals surface area (Å²) in [6.07, 6.45) is 6.77. The highest BCUT2D eigenvalue weighted by Crippen LogP contribution is 2.08. The number of hydrogen-bond donors (Lipinski definition) is 1. The first-order chi connectivity index (χ1) is 7.41. The fourth-order valence-electron chi connectivity index (χ4n) is 1.31. The number of rotatable bonds is 12. The molecule has 0 radical (unpaired) electrons. The molecule has 0 fully saturated rings. The third-order valence-electron chi connectivity index (χ3n) is 2.27. The summed E-state index contributed by atoms with van der Waals surface area (Å²) in [4.78, 5) is 0. The van der Waals surface area contributed by atoms with E-state index in [9.17, 15) is 0 Å². The van der Waals surface area contributed by atoms with E-state index >= 15 is 0 Å². The summed E-state index contributed by atoms with van der Waals surface area (Å²) in [5, 5.41) is 3.36. The highest BCUT2D eigenvalue weighted by molar-refractivity contribution is 7.99. The predicted octanol–water partition coefficient (Wildman–Crippen LogP) is 2.93. The van der Waals surface area contributed by atoms with E-state index in [1.807, 2.05) is 0 Å². The minimum atomic E-state index is 0.825. The molecule has 0 bridgehead atoms. The number of methoxy groups -OCH3 is 1. The van der Waals surface area contributed by atoms with Crippen LogP contribution in [-0.4, -0.2) is 38.3 Å². The van der Waals surface area contributed by atoms with Gasteiger partial charge in [0.2, 0.25) is 0 Å². The van der Waals surface area contributed by atoms with Gasteiger partial charge in [-0.25, -0.2) is 0 Å². The third kappa shape index (κ3) is 14.3. The van der Waals surface area contributed by atoms with E-state index in [4.69, 9.17) is 4.74 Å². The second kappa shape index (κ2) is 14.3. The van der Waals surface area contributed by atoms with Crippen LogP contribution in [0.15, 0.2) is 0 Å². The van der Waals surface area contributed by atoms with Gasteiger partial charge in [0, 0.05) is 13.7 Å². The van der Waals surface area contributed by atoms with Gasteiger partial charge in [-0.2, -0.15) is 11.8 Å². The zero-order valence-electron chi connectivity index (χ0n) is 10.4. The number of nitrogens with one attached hydrogen (secondary N) is 1. The van der Waals surface area contributed by atoms with Crippen molar-refractivity contribution in [2.24, 2.45) is 0 Å². The molecule has 0 saturated heterocycles. The van der Waals surface area contributed by atoms with Crippen molar-refractivity contribution in [1.29, 1.82) is 0 Å². The maximum absolute atomic E-state index is 4.96. The first-order valence-electron chi connectivity index (χ1n) is 6.19. The van der Waals surface area contributed by atoms with Crippen molar-refractivity contribution in [3.8, 4) is 0 Å². The van der Waals surface area contributed by atoms with Crippen LogP contribution in [0.5, 0.6) is 0 Å². The van der Waals surface area contributed by atoms with E-state index < -0.39 is 0 Å². The van der Waals surface area contributed by atoms with Crippen molar-refractivity contribution in [1.82, 2.24) is 5.32 Å². The molecule has 0 aromatic heterocycles. The second-order valence-corrected chi connectivity index (χ2v) is 4.99. The molecule has 0 aromatic rings. The smallest absolute Gasteiger partial charge is 0.0587 e. The SMILES string of the molecule is CCCCCSCCCCNCCOC. The summed E-state index contributed by atoms with van der Waals surface area (Å²) >= 11 is 2.11. The van der Waals surface area contributed by atoms with Crippen LogP contribution in [0.4, 0.5) is 0 Å². The van der Waals surface area contributed by atoms with Gasteiger partial charge in [-0.1, -0.05) is 19.8 Å². The molecule has 0 unspecified atom stereocenters. The molecule has 0 rings (SSSR count). The number of thioether (sulfide) groups is 1. The molecule has 92 valence electrons. The normalized spacial score (nSPS) is 10.8. The molecular formula is C12H27NOS. The average molecular weight is 233 g/mol. The quantitative estimate of drug-likeness (QED) is 0.524. The minimum absolute atomic E-state index is 0.825. The molecule has 1 N–H and O–H groups in total. The van der Waals surface area contributed by atoms with Crippen molar-refractivity contribution >= 4 is 11.8 Å². The summed E-state index contributed by atoms with van der Waals surface area (Å²) in [6.45, 7) is 5.21. The van der Waals surface area contributed by atoms with E-state index in [0.29, 0.717) is 0 Å². The van der Waals surface area contributed by atoms with Crippen LogP contribution in [-0.2, 0) is 4.74 Å². The number of unbranched alkanes of at least 4 members (excludes halogenated alkanes) is 3. The third-order valence-corrected chi connectivity index (χ3v) is 3.42. The predicted molar refractivity (Wildman–Crippen MR) is 70.8 cm³/mol.